The number of hydrogen-bond acceptors (Lipinski definition) is 5. The van der Waals surface area contributed by atoms with Crippen LogP contribution >= 0.6 is 0 Å². The monoisotopic (exact) mass is 305 g/mol. The van der Waals surface area contributed by atoms with E-state index in [1.165, 1.54) is 36.9 Å². The summed E-state index contributed by atoms with van der Waals surface area (Å²) in [5, 5.41) is 10.9. The van der Waals surface area contributed by atoms with Gasteiger partial charge in [0.1, 0.15) is 12.4 Å². The zero-order valence-corrected chi connectivity index (χ0v) is 12.4. The minimum atomic E-state index is -0.490. The predicted molar refractivity (Wildman–Crippen MR) is 79.1 cm³/mol. The smallest absolute Gasteiger partial charge is 0.330 e. The van der Waals surface area contributed by atoms with E-state index in [-0.39, 0.29) is 12.3 Å². The molecule has 0 aliphatic carbocycles. The van der Waals surface area contributed by atoms with Gasteiger partial charge >= 0.3 is 5.69 Å². The third-order valence-electron chi connectivity index (χ3n) is 3.45. The lowest BCUT2D eigenvalue weighted by atomic mass is 10.2. The third kappa shape index (κ3) is 2.76. The molecule has 2 aromatic rings. The van der Waals surface area contributed by atoms with Gasteiger partial charge in [-0.2, -0.15) is 0 Å². The summed E-state index contributed by atoms with van der Waals surface area (Å²) >= 11 is 0. The van der Waals surface area contributed by atoms with Crippen molar-refractivity contribution in [3.8, 4) is 5.75 Å². The van der Waals surface area contributed by atoms with Crippen LogP contribution in [0.25, 0.3) is 0 Å². The van der Waals surface area contributed by atoms with E-state index in [0.717, 1.165) is 4.57 Å². The molecule has 0 amide bonds. The Bertz CT molecular complexity index is 851. The van der Waals surface area contributed by atoms with Gasteiger partial charge in [-0.25, -0.2) is 4.79 Å². The summed E-state index contributed by atoms with van der Waals surface area (Å²) in [5.41, 5.74) is -0.157. The van der Waals surface area contributed by atoms with E-state index >= 15 is 0 Å². The van der Waals surface area contributed by atoms with Crippen LogP contribution < -0.4 is 16.0 Å². The Kier molecular flexibility index (Phi) is 4.11. The lowest BCUT2D eigenvalue weighted by Gasteiger charge is -2.12. The largest absolute Gasteiger partial charge is 0.487 e. The molecule has 8 heteroatoms. The van der Waals surface area contributed by atoms with Crippen LogP contribution in [0.15, 0.2) is 33.9 Å². The average Bonchev–Trinajstić information content (AvgIpc) is 2.48. The summed E-state index contributed by atoms with van der Waals surface area (Å²) in [4.78, 5) is 33.9. The fraction of sp³-hybridized carbons (Fsp3) is 0.286. The van der Waals surface area contributed by atoms with Crippen molar-refractivity contribution in [1.29, 1.82) is 0 Å². The second-order valence-electron chi connectivity index (χ2n) is 4.82. The standard InChI is InChI=1S/C14H15N3O5/c1-9-11(17(20)21)5-4-6-12(9)22-8-10-7-13(18)16(3)14(19)15(10)2/h4-7H,8H2,1-3H3. The molecule has 0 saturated heterocycles. The van der Waals surface area contributed by atoms with Gasteiger partial charge < -0.3 is 4.74 Å². The first-order chi connectivity index (χ1) is 10.3. The zero-order valence-electron chi connectivity index (χ0n) is 12.4. The summed E-state index contributed by atoms with van der Waals surface area (Å²) in [6, 6.07) is 5.80. The minimum absolute atomic E-state index is 0.0379. The van der Waals surface area contributed by atoms with Gasteiger partial charge in [-0.3, -0.25) is 24.0 Å². The maximum absolute atomic E-state index is 11.8. The number of nitro groups is 1. The Morgan fingerprint density at radius 3 is 2.55 bits per heavy atom. The van der Waals surface area contributed by atoms with Crippen molar-refractivity contribution in [2.45, 2.75) is 13.5 Å². The Hall–Kier alpha value is -2.90. The molecule has 0 aliphatic rings. The molecule has 1 aromatic heterocycles. The minimum Gasteiger partial charge on any atom is -0.487 e. The molecule has 2 rings (SSSR count). The van der Waals surface area contributed by atoms with Gasteiger partial charge in [-0.1, -0.05) is 6.07 Å². The van der Waals surface area contributed by atoms with Gasteiger partial charge in [-0.15, -0.1) is 0 Å². The summed E-state index contributed by atoms with van der Waals surface area (Å²) in [6.45, 7) is 1.54. The van der Waals surface area contributed by atoms with Crippen LogP contribution in [0.2, 0.25) is 0 Å². The summed E-state index contributed by atoms with van der Waals surface area (Å²) in [7, 11) is 2.92. The molecule has 0 saturated carbocycles. The van der Waals surface area contributed by atoms with Gasteiger partial charge in [0, 0.05) is 26.2 Å². The summed E-state index contributed by atoms with van der Waals surface area (Å²) in [5.74, 6) is 0.335. The number of nitrogens with zero attached hydrogens (tertiary/aromatic N) is 3. The first kappa shape index (κ1) is 15.5. The highest BCUT2D eigenvalue weighted by Gasteiger charge is 2.15. The molecule has 0 unspecified atom stereocenters. The van der Waals surface area contributed by atoms with Gasteiger partial charge in [0.05, 0.1) is 16.2 Å². The van der Waals surface area contributed by atoms with E-state index in [4.69, 9.17) is 4.74 Å². The molecule has 0 N–H and O–H groups in total. The van der Waals surface area contributed by atoms with Crippen LogP contribution in [0, 0.1) is 17.0 Å². The Balaban J connectivity index is 2.32. The summed E-state index contributed by atoms with van der Waals surface area (Å²) in [6.07, 6.45) is 0. The molecular weight excluding hydrogens is 290 g/mol. The van der Waals surface area contributed by atoms with E-state index in [1.807, 2.05) is 0 Å². The van der Waals surface area contributed by atoms with E-state index in [9.17, 15) is 19.7 Å². The molecule has 0 bridgehead atoms. The molecule has 0 aliphatic heterocycles. The number of aromatic nitrogens is 2. The quantitative estimate of drug-likeness (QED) is 0.617. The highest BCUT2D eigenvalue weighted by atomic mass is 16.6. The van der Waals surface area contributed by atoms with Gasteiger partial charge in [0.15, 0.2) is 0 Å². The van der Waals surface area contributed by atoms with Crippen LogP contribution in [0.3, 0.4) is 0 Å². The van der Waals surface area contributed by atoms with Crippen molar-refractivity contribution in [2.24, 2.45) is 14.1 Å². The predicted octanol–water partition coefficient (Wildman–Crippen LogP) is 0.880. The van der Waals surface area contributed by atoms with Crippen LogP contribution in [0.1, 0.15) is 11.3 Å². The number of hydrogen-bond donors (Lipinski definition) is 0. The topological polar surface area (TPSA) is 96.4 Å². The maximum Gasteiger partial charge on any atom is 0.330 e. The number of ether oxygens (including phenoxy) is 1. The molecule has 116 valence electrons. The van der Waals surface area contributed by atoms with Crippen LogP contribution in [0.5, 0.6) is 5.75 Å². The summed E-state index contributed by atoms with van der Waals surface area (Å²) < 4.78 is 7.82. The van der Waals surface area contributed by atoms with E-state index in [1.54, 1.807) is 13.0 Å². The normalized spacial score (nSPS) is 10.5. The Labute approximate surface area is 125 Å². The van der Waals surface area contributed by atoms with Gasteiger partial charge in [0.2, 0.25) is 0 Å². The molecule has 0 spiro atoms. The van der Waals surface area contributed by atoms with Crippen molar-refractivity contribution in [1.82, 2.24) is 9.13 Å². The highest BCUT2D eigenvalue weighted by Crippen LogP contribution is 2.27. The molecule has 1 heterocycles. The van der Waals surface area contributed by atoms with Crippen LogP contribution in [-0.2, 0) is 20.7 Å². The van der Waals surface area contributed by atoms with Crippen molar-refractivity contribution < 1.29 is 9.66 Å². The molecule has 8 nitrogen and oxygen atoms in total. The SMILES string of the molecule is Cc1c(OCc2cc(=O)n(C)c(=O)n2C)cccc1[N+](=O)[O-]. The molecule has 0 radical (unpaired) electrons. The van der Waals surface area contributed by atoms with E-state index < -0.39 is 16.2 Å². The fourth-order valence-electron chi connectivity index (χ4n) is 2.03. The fourth-order valence-corrected chi connectivity index (χ4v) is 2.03. The van der Waals surface area contributed by atoms with Crippen molar-refractivity contribution in [3.63, 3.8) is 0 Å². The lowest BCUT2D eigenvalue weighted by Crippen LogP contribution is -2.38. The second-order valence-corrected chi connectivity index (χ2v) is 4.82. The van der Waals surface area contributed by atoms with Crippen molar-refractivity contribution in [2.75, 3.05) is 0 Å². The zero-order chi connectivity index (χ0) is 16.4. The Morgan fingerprint density at radius 1 is 1.23 bits per heavy atom. The molecule has 0 fully saturated rings. The molecule has 0 atom stereocenters. The average molecular weight is 305 g/mol. The van der Waals surface area contributed by atoms with Gasteiger partial charge in [-0.05, 0) is 13.0 Å². The van der Waals surface area contributed by atoms with Crippen LogP contribution in [0.4, 0.5) is 5.69 Å². The van der Waals surface area contributed by atoms with Crippen LogP contribution in [-0.4, -0.2) is 14.1 Å². The van der Waals surface area contributed by atoms with E-state index in [2.05, 4.69) is 0 Å². The molecular formula is C14H15N3O5. The number of rotatable bonds is 4. The van der Waals surface area contributed by atoms with Crippen molar-refractivity contribution >= 4 is 5.69 Å². The highest BCUT2D eigenvalue weighted by molar-refractivity contribution is 5.48. The lowest BCUT2D eigenvalue weighted by molar-refractivity contribution is -0.385. The van der Waals surface area contributed by atoms with E-state index in [0.29, 0.717) is 17.0 Å². The molecule has 22 heavy (non-hydrogen) atoms. The number of benzene rings is 1. The first-order valence-corrected chi connectivity index (χ1v) is 6.45. The first-order valence-electron chi connectivity index (χ1n) is 6.45. The maximum atomic E-state index is 11.8. The second kappa shape index (κ2) is 5.84. The van der Waals surface area contributed by atoms with Gasteiger partial charge in [0.25, 0.3) is 11.2 Å². The molecule has 1 aromatic carbocycles. The Morgan fingerprint density at radius 2 is 1.91 bits per heavy atom. The van der Waals surface area contributed by atoms with Crippen molar-refractivity contribution in [3.05, 3.63) is 66.5 Å². The third-order valence-corrected chi connectivity index (χ3v) is 3.45. The number of nitro benzene ring substituents is 1.